The number of fused-ring (bicyclic) bond motifs is 1. The number of likely N-dealkylation sites (N-methyl/N-ethyl adjacent to an activating group) is 1. The SMILES string of the molecule is CN(C)CCN1C(=O)C(=O)/C(=C(\O)c2c[nH]c3ccccc23)C1c1ccc(F)cc1. The third-order valence-corrected chi connectivity index (χ3v) is 5.36. The number of halogens is 1. The largest absolute Gasteiger partial charge is 0.507 e. The highest BCUT2D eigenvalue weighted by molar-refractivity contribution is 6.46. The predicted octanol–water partition coefficient (Wildman–Crippen LogP) is 3.29. The van der Waals surface area contributed by atoms with Crippen LogP contribution in [0.3, 0.4) is 0 Å². The van der Waals surface area contributed by atoms with E-state index < -0.39 is 23.5 Å². The van der Waals surface area contributed by atoms with E-state index in [0.29, 0.717) is 24.2 Å². The Bertz CT molecular complexity index is 1150. The van der Waals surface area contributed by atoms with Crippen LogP contribution in [0.25, 0.3) is 16.7 Å². The smallest absolute Gasteiger partial charge is 0.295 e. The summed E-state index contributed by atoms with van der Waals surface area (Å²) in [6, 6.07) is 12.2. The number of rotatable bonds is 5. The van der Waals surface area contributed by atoms with Gasteiger partial charge in [0.25, 0.3) is 11.7 Å². The molecule has 30 heavy (non-hydrogen) atoms. The first kappa shape index (κ1) is 19.8. The Balaban J connectivity index is 1.88. The molecule has 2 aromatic carbocycles. The standard InChI is InChI=1S/C23H22FN3O3/c1-26(2)11-12-27-20(14-7-9-15(24)10-8-14)19(22(29)23(27)30)21(28)17-13-25-18-6-4-3-5-16(17)18/h3-10,13,20,25,28H,11-12H2,1-2H3/b21-19-. The zero-order chi connectivity index (χ0) is 21.4. The van der Waals surface area contributed by atoms with Crippen LogP contribution in [-0.4, -0.2) is 58.8 Å². The lowest BCUT2D eigenvalue weighted by Gasteiger charge is -2.26. The molecule has 0 radical (unpaired) electrons. The fourth-order valence-electron chi connectivity index (χ4n) is 3.82. The minimum Gasteiger partial charge on any atom is -0.507 e. The van der Waals surface area contributed by atoms with E-state index >= 15 is 0 Å². The number of aliphatic hydroxyl groups is 1. The predicted molar refractivity (Wildman–Crippen MR) is 112 cm³/mol. The summed E-state index contributed by atoms with van der Waals surface area (Å²) in [6.45, 7) is 0.835. The van der Waals surface area contributed by atoms with Crippen LogP contribution in [0.5, 0.6) is 0 Å². The summed E-state index contributed by atoms with van der Waals surface area (Å²) in [6.07, 6.45) is 1.62. The van der Waals surface area contributed by atoms with Gasteiger partial charge in [-0.15, -0.1) is 0 Å². The molecule has 1 amide bonds. The van der Waals surface area contributed by atoms with Gasteiger partial charge in [-0.2, -0.15) is 0 Å². The lowest BCUT2D eigenvalue weighted by Crippen LogP contribution is -2.35. The first-order valence-electron chi connectivity index (χ1n) is 9.63. The molecule has 1 atom stereocenters. The molecular formula is C23H22FN3O3. The number of aliphatic hydroxyl groups excluding tert-OH is 1. The van der Waals surface area contributed by atoms with Gasteiger partial charge >= 0.3 is 0 Å². The average Bonchev–Trinajstić information content (AvgIpc) is 3.26. The van der Waals surface area contributed by atoms with E-state index in [1.165, 1.54) is 29.2 Å². The van der Waals surface area contributed by atoms with Gasteiger partial charge in [-0.3, -0.25) is 9.59 Å². The Labute approximate surface area is 173 Å². The summed E-state index contributed by atoms with van der Waals surface area (Å²) in [4.78, 5) is 32.2. The van der Waals surface area contributed by atoms with Crippen LogP contribution >= 0.6 is 0 Å². The number of hydrogen-bond acceptors (Lipinski definition) is 4. The van der Waals surface area contributed by atoms with Gasteiger partial charge in [-0.1, -0.05) is 30.3 Å². The lowest BCUT2D eigenvalue weighted by atomic mass is 9.95. The second-order valence-electron chi connectivity index (χ2n) is 7.60. The Morgan fingerprint density at radius 3 is 2.53 bits per heavy atom. The zero-order valence-electron chi connectivity index (χ0n) is 16.7. The molecule has 1 saturated heterocycles. The number of para-hydroxylation sites is 1. The number of Topliss-reactive ketones (excluding diaryl/α,β-unsaturated/α-hetero) is 1. The number of nitrogens with zero attached hydrogens (tertiary/aromatic N) is 2. The van der Waals surface area contributed by atoms with E-state index in [1.54, 1.807) is 6.20 Å². The minimum absolute atomic E-state index is 0.00937. The van der Waals surface area contributed by atoms with E-state index in [-0.39, 0.29) is 11.3 Å². The number of ketones is 1. The van der Waals surface area contributed by atoms with Crippen molar-refractivity contribution in [2.45, 2.75) is 6.04 Å². The number of hydrogen-bond donors (Lipinski definition) is 2. The normalized spacial score (nSPS) is 18.7. The van der Waals surface area contributed by atoms with Gasteiger partial charge < -0.3 is 19.9 Å². The van der Waals surface area contributed by atoms with E-state index in [9.17, 15) is 19.1 Å². The van der Waals surface area contributed by atoms with Crippen LogP contribution < -0.4 is 0 Å². The van der Waals surface area contributed by atoms with Crippen LogP contribution in [0, 0.1) is 5.82 Å². The number of benzene rings is 2. The monoisotopic (exact) mass is 407 g/mol. The topological polar surface area (TPSA) is 76.6 Å². The molecule has 154 valence electrons. The third-order valence-electron chi connectivity index (χ3n) is 5.36. The van der Waals surface area contributed by atoms with Crippen LogP contribution in [-0.2, 0) is 9.59 Å². The summed E-state index contributed by atoms with van der Waals surface area (Å²) < 4.78 is 13.5. The molecule has 0 spiro atoms. The van der Waals surface area contributed by atoms with Crippen molar-refractivity contribution in [1.82, 2.24) is 14.8 Å². The number of likely N-dealkylation sites (tertiary alicyclic amines) is 1. The number of carbonyl (C=O) groups is 2. The summed E-state index contributed by atoms with van der Waals surface area (Å²) >= 11 is 0. The first-order valence-corrected chi connectivity index (χ1v) is 9.63. The first-order chi connectivity index (χ1) is 14.4. The van der Waals surface area contributed by atoms with Crippen molar-refractivity contribution in [3.05, 3.63) is 77.2 Å². The van der Waals surface area contributed by atoms with E-state index in [4.69, 9.17) is 0 Å². The molecule has 1 aromatic heterocycles. The number of aromatic amines is 1. The van der Waals surface area contributed by atoms with Crippen molar-refractivity contribution < 1.29 is 19.1 Å². The van der Waals surface area contributed by atoms with E-state index in [0.717, 1.165) is 10.9 Å². The number of aromatic nitrogens is 1. The van der Waals surface area contributed by atoms with Gasteiger partial charge in [0.05, 0.1) is 11.6 Å². The highest BCUT2D eigenvalue weighted by atomic mass is 19.1. The lowest BCUT2D eigenvalue weighted by molar-refractivity contribution is -0.140. The fourth-order valence-corrected chi connectivity index (χ4v) is 3.82. The molecule has 1 fully saturated rings. The summed E-state index contributed by atoms with van der Waals surface area (Å²) in [5.74, 6) is -2.08. The molecule has 1 aliphatic heterocycles. The molecule has 6 nitrogen and oxygen atoms in total. The fraction of sp³-hybridized carbons (Fsp3) is 0.217. The Hall–Kier alpha value is -3.45. The second-order valence-corrected chi connectivity index (χ2v) is 7.60. The van der Waals surface area contributed by atoms with E-state index in [2.05, 4.69) is 4.98 Å². The van der Waals surface area contributed by atoms with Crippen molar-refractivity contribution in [1.29, 1.82) is 0 Å². The molecule has 0 aliphatic carbocycles. The Morgan fingerprint density at radius 2 is 1.83 bits per heavy atom. The highest BCUT2D eigenvalue weighted by Crippen LogP contribution is 2.40. The minimum atomic E-state index is -0.792. The molecule has 3 aromatic rings. The molecule has 0 saturated carbocycles. The number of carbonyl (C=O) groups excluding carboxylic acids is 2. The van der Waals surface area contributed by atoms with Crippen LogP contribution in [0.15, 0.2) is 60.3 Å². The number of amides is 1. The molecular weight excluding hydrogens is 385 g/mol. The molecule has 2 heterocycles. The van der Waals surface area contributed by atoms with Gasteiger partial charge in [-0.25, -0.2) is 4.39 Å². The maximum atomic E-state index is 13.5. The Morgan fingerprint density at radius 1 is 1.13 bits per heavy atom. The quantitative estimate of drug-likeness (QED) is 0.387. The zero-order valence-corrected chi connectivity index (χ0v) is 16.7. The molecule has 7 heteroatoms. The Kier molecular flexibility index (Phi) is 5.13. The molecule has 4 rings (SSSR count). The van der Waals surface area contributed by atoms with Gasteiger partial charge in [0.2, 0.25) is 0 Å². The van der Waals surface area contributed by atoms with Crippen molar-refractivity contribution in [2.75, 3.05) is 27.2 Å². The van der Waals surface area contributed by atoms with E-state index in [1.807, 2.05) is 43.3 Å². The second kappa shape index (κ2) is 7.76. The molecule has 0 bridgehead atoms. The highest BCUT2D eigenvalue weighted by Gasteiger charge is 2.46. The van der Waals surface area contributed by atoms with Crippen molar-refractivity contribution in [2.24, 2.45) is 0 Å². The van der Waals surface area contributed by atoms with Gasteiger partial charge in [0.1, 0.15) is 11.6 Å². The van der Waals surface area contributed by atoms with Crippen LogP contribution in [0.2, 0.25) is 0 Å². The van der Waals surface area contributed by atoms with Gasteiger partial charge in [-0.05, 0) is 37.9 Å². The van der Waals surface area contributed by atoms with Gasteiger partial charge in [0.15, 0.2) is 0 Å². The van der Waals surface area contributed by atoms with Gasteiger partial charge in [0, 0.05) is 35.8 Å². The number of nitrogens with one attached hydrogen (secondary N) is 1. The van der Waals surface area contributed by atoms with Crippen molar-refractivity contribution >= 4 is 28.4 Å². The molecule has 1 aliphatic rings. The summed E-state index contributed by atoms with van der Waals surface area (Å²) in [5.41, 5.74) is 1.83. The molecule has 2 N–H and O–H groups in total. The van der Waals surface area contributed by atoms with Crippen molar-refractivity contribution in [3.8, 4) is 0 Å². The maximum absolute atomic E-state index is 13.5. The van der Waals surface area contributed by atoms with Crippen LogP contribution in [0.4, 0.5) is 4.39 Å². The number of H-pyrrole nitrogens is 1. The van der Waals surface area contributed by atoms with Crippen LogP contribution in [0.1, 0.15) is 17.2 Å². The molecule has 1 unspecified atom stereocenters. The maximum Gasteiger partial charge on any atom is 0.295 e. The summed E-state index contributed by atoms with van der Waals surface area (Å²) in [7, 11) is 3.74. The van der Waals surface area contributed by atoms with Crippen molar-refractivity contribution in [3.63, 3.8) is 0 Å². The summed E-state index contributed by atoms with van der Waals surface area (Å²) in [5, 5.41) is 11.9. The average molecular weight is 407 g/mol. The third kappa shape index (κ3) is 3.37.